The van der Waals surface area contributed by atoms with Crippen LogP contribution in [0.5, 0.6) is 0 Å². The lowest BCUT2D eigenvalue weighted by Gasteiger charge is -2.17. The normalized spacial score (nSPS) is 28.5. The van der Waals surface area contributed by atoms with Crippen molar-refractivity contribution in [1.82, 2.24) is 4.90 Å². The third-order valence-electron chi connectivity index (χ3n) is 2.87. The number of methoxy groups -OCH3 is 1. The van der Waals surface area contributed by atoms with E-state index in [2.05, 4.69) is 9.89 Å². The minimum atomic E-state index is 0.525. The molecule has 0 amide bonds. The molecule has 1 atom stereocenters. The largest absolute Gasteiger partial charge is 0.384 e. The van der Waals surface area contributed by atoms with Crippen LogP contribution < -0.4 is 5.73 Å². The first-order valence-electron chi connectivity index (χ1n) is 5.36. The van der Waals surface area contributed by atoms with Gasteiger partial charge in [-0.05, 0) is 19.3 Å². The van der Waals surface area contributed by atoms with Gasteiger partial charge < -0.3 is 15.4 Å². The van der Waals surface area contributed by atoms with E-state index in [4.69, 9.17) is 10.5 Å². The van der Waals surface area contributed by atoms with E-state index in [0.717, 1.165) is 25.7 Å². The average molecular weight is 197 g/mol. The molecule has 1 aliphatic heterocycles. The molecule has 1 saturated heterocycles. The van der Waals surface area contributed by atoms with Gasteiger partial charge in [0.25, 0.3) is 0 Å². The van der Waals surface area contributed by atoms with Crippen LogP contribution in [0, 0.1) is 5.92 Å². The molecular formula is C10H19N3O. The Balaban J connectivity index is 1.81. The van der Waals surface area contributed by atoms with Crippen LogP contribution in [0.2, 0.25) is 0 Å². The van der Waals surface area contributed by atoms with Crippen molar-refractivity contribution in [3.8, 4) is 0 Å². The molecule has 2 fully saturated rings. The van der Waals surface area contributed by atoms with E-state index < -0.39 is 0 Å². The van der Waals surface area contributed by atoms with Gasteiger partial charge >= 0.3 is 0 Å². The summed E-state index contributed by atoms with van der Waals surface area (Å²) in [5, 5.41) is 0. The lowest BCUT2D eigenvalue weighted by molar-refractivity contribution is 0.157. The summed E-state index contributed by atoms with van der Waals surface area (Å²) in [5.74, 6) is 1.37. The Labute approximate surface area is 85.1 Å². The highest BCUT2D eigenvalue weighted by molar-refractivity contribution is 5.78. The third-order valence-corrected chi connectivity index (χ3v) is 2.87. The van der Waals surface area contributed by atoms with Gasteiger partial charge in [-0.2, -0.15) is 0 Å². The van der Waals surface area contributed by atoms with Crippen molar-refractivity contribution in [3.05, 3.63) is 0 Å². The van der Waals surface area contributed by atoms with Gasteiger partial charge in [0.15, 0.2) is 5.96 Å². The van der Waals surface area contributed by atoms with E-state index in [-0.39, 0.29) is 0 Å². The molecule has 4 heteroatoms. The van der Waals surface area contributed by atoms with Gasteiger partial charge in [-0.1, -0.05) is 0 Å². The van der Waals surface area contributed by atoms with Gasteiger partial charge in [0.2, 0.25) is 0 Å². The summed E-state index contributed by atoms with van der Waals surface area (Å²) in [6.07, 6.45) is 3.61. The van der Waals surface area contributed by atoms with Gasteiger partial charge in [-0.3, -0.25) is 0 Å². The quantitative estimate of drug-likeness (QED) is 0.527. The predicted molar refractivity (Wildman–Crippen MR) is 56.2 cm³/mol. The molecule has 1 aliphatic carbocycles. The molecule has 2 rings (SSSR count). The zero-order chi connectivity index (χ0) is 9.97. The van der Waals surface area contributed by atoms with Crippen LogP contribution in [0.15, 0.2) is 4.99 Å². The van der Waals surface area contributed by atoms with Gasteiger partial charge in [-0.25, -0.2) is 4.99 Å². The van der Waals surface area contributed by atoms with Crippen LogP contribution in [0.4, 0.5) is 0 Å². The van der Waals surface area contributed by atoms with E-state index in [1.165, 1.54) is 19.3 Å². The molecule has 0 aromatic heterocycles. The topological polar surface area (TPSA) is 50.9 Å². The summed E-state index contributed by atoms with van der Waals surface area (Å²) in [4.78, 5) is 6.63. The first kappa shape index (κ1) is 9.77. The van der Waals surface area contributed by atoms with Crippen LogP contribution in [-0.2, 0) is 4.74 Å². The first-order valence-corrected chi connectivity index (χ1v) is 5.36. The number of hydrogen-bond donors (Lipinski definition) is 1. The molecule has 0 radical (unpaired) electrons. The lowest BCUT2D eigenvalue weighted by atomic mass is 10.1. The maximum atomic E-state index is 5.91. The number of likely N-dealkylation sites (tertiary alicyclic amines) is 1. The zero-order valence-electron chi connectivity index (χ0n) is 8.78. The molecular weight excluding hydrogens is 178 g/mol. The van der Waals surface area contributed by atoms with Crippen molar-refractivity contribution < 1.29 is 4.74 Å². The van der Waals surface area contributed by atoms with Crippen molar-refractivity contribution in [2.75, 3.05) is 26.8 Å². The molecule has 1 unspecified atom stereocenters. The smallest absolute Gasteiger partial charge is 0.191 e. The van der Waals surface area contributed by atoms with Crippen molar-refractivity contribution >= 4 is 5.96 Å². The fourth-order valence-electron chi connectivity index (χ4n) is 1.88. The summed E-state index contributed by atoms with van der Waals surface area (Å²) < 4.78 is 5.14. The highest BCUT2D eigenvalue weighted by Crippen LogP contribution is 2.24. The Kier molecular flexibility index (Phi) is 2.91. The second-order valence-electron chi connectivity index (χ2n) is 4.27. The SMILES string of the molecule is COCC1CCN(C(N)=NC2CC2)C1. The lowest BCUT2D eigenvalue weighted by Crippen LogP contribution is -2.36. The van der Waals surface area contributed by atoms with Crippen LogP contribution in [0.25, 0.3) is 0 Å². The number of hydrogen-bond acceptors (Lipinski definition) is 2. The molecule has 80 valence electrons. The minimum Gasteiger partial charge on any atom is -0.384 e. The molecule has 4 nitrogen and oxygen atoms in total. The van der Waals surface area contributed by atoms with E-state index in [1.54, 1.807) is 7.11 Å². The first-order chi connectivity index (χ1) is 6.79. The van der Waals surface area contributed by atoms with Crippen LogP contribution >= 0.6 is 0 Å². The molecule has 1 saturated carbocycles. The standard InChI is InChI=1S/C10H19N3O/c1-14-7-8-4-5-13(6-8)10(11)12-9-2-3-9/h8-9H,2-7H2,1H3,(H2,11,12). The molecule has 2 aliphatic rings. The average Bonchev–Trinajstić information content (AvgIpc) is 2.83. The summed E-state index contributed by atoms with van der Waals surface area (Å²) in [5.41, 5.74) is 5.91. The Morgan fingerprint density at radius 1 is 1.50 bits per heavy atom. The van der Waals surface area contributed by atoms with Crippen LogP contribution in [0.1, 0.15) is 19.3 Å². The Hall–Kier alpha value is -0.770. The molecule has 14 heavy (non-hydrogen) atoms. The summed E-state index contributed by atoms with van der Waals surface area (Å²) in [6.45, 7) is 2.89. The molecule has 0 bridgehead atoms. The number of rotatable bonds is 3. The zero-order valence-corrected chi connectivity index (χ0v) is 8.78. The Morgan fingerprint density at radius 2 is 2.29 bits per heavy atom. The van der Waals surface area contributed by atoms with Crippen LogP contribution in [-0.4, -0.2) is 43.7 Å². The molecule has 2 N–H and O–H groups in total. The van der Waals surface area contributed by atoms with Crippen molar-refractivity contribution in [1.29, 1.82) is 0 Å². The van der Waals surface area contributed by atoms with Gasteiger partial charge in [0.1, 0.15) is 0 Å². The second-order valence-corrected chi connectivity index (χ2v) is 4.27. The highest BCUT2D eigenvalue weighted by atomic mass is 16.5. The van der Waals surface area contributed by atoms with Gasteiger partial charge in [-0.15, -0.1) is 0 Å². The maximum absolute atomic E-state index is 5.91. The molecule has 1 heterocycles. The number of ether oxygens (including phenoxy) is 1. The van der Waals surface area contributed by atoms with Crippen LogP contribution in [0.3, 0.4) is 0 Å². The van der Waals surface area contributed by atoms with E-state index in [1.807, 2.05) is 0 Å². The van der Waals surface area contributed by atoms with E-state index in [9.17, 15) is 0 Å². The fraction of sp³-hybridized carbons (Fsp3) is 0.900. The van der Waals surface area contributed by atoms with E-state index in [0.29, 0.717) is 12.0 Å². The monoisotopic (exact) mass is 197 g/mol. The van der Waals surface area contributed by atoms with Crippen molar-refractivity contribution in [2.45, 2.75) is 25.3 Å². The molecule has 0 aromatic rings. The number of guanidine groups is 1. The Morgan fingerprint density at radius 3 is 2.93 bits per heavy atom. The minimum absolute atomic E-state index is 0.525. The third kappa shape index (κ3) is 2.38. The second kappa shape index (κ2) is 4.17. The number of nitrogens with zero attached hydrogens (tertiary/aromatic N) is 2. The van der Waals surface area contributed by atoms with E-state index >= 15 is 0 Å². The fourth-order valence-corrected chi connectivity index (χ4v) is 1.88. The number of nitrogens with two attached hydrogens (primary N) is 1. The van der Waals surface area contributed by atoms with Gasteiger partial charge in [0, 0.05) is 26.1 Å². The molecule has 0 aromatic carbocycles. The predicted octanol–water partition coefficient (Wildman–Crippen LogP) is 0.432. The number of aliphatic imine (C=N–C) groups is 1. The summed E-state index contributed by atoms with van der Waals surface area (Å²) >= 11 is 0. The van der Waals surface area contributed by atoms with Gasteiger partial charge in [0.05, 0.1) is 12.6 Å². The highest BCUT2D eigenvalue weighted by Gasteiger charge is 2.26. The summed E-state index contributed by atoms with van der Waals surface area (Å²) in [6, 6.07) is 0.525. The maximum Gasteiger partial charge on any atom is 0.191 e. The van der Waals surface area contributed by atoms with Crippen molar-refractivity contribution in [3.63, 3.8) is 0 Å². The van der Waals surface area contributed by atoms with Crippen molar-refractivity contribution in [2.24, 2.45) is 16.6 Å². The Bertz CT molecular complexity index is 225. The summed E-state index contributed by atoms with van der Waals surface area (Å²) in [7, 11) is 1.75. The molecule has 0 spiro atoms.